The van der Waals surface area contributed by atoms with E-state index in [1.165, 1.54) is 11.1 Å². The van der Waals surface area contributed by atoms with Crippen molar-refractivity contribution in [2.75, 3.05) is 21.3 Å². The van der Waals surface area contributed by atoms with Crippen LogP contribution in [0, 0.1) is 0 Å². The molecule has 1 aromatic carbocycles. The van der Waals surface area contributed by atoms with E-state index in [0.717, 1.165) is 12.5 Å². The van der Waals surface area contributed by atoms with Gasteiger partial charge < -0.3 is 13.3 Å². The van der Waals surface area contributed by atoms with Crippen molar-refractivity contribution in [2.24, 2.45) is 0 Å². The van der Waals surface area contributed by atoms with Gasteiger partial charge in [0.05, 0.1) is 0 Å². The molecule has 0 radical (unpaired) electrons. The molecule has 1 atom stereocenters. The number of hydrogen-bond acceptors (Lipinski definition) is 3. The lowest BCUT2D eigenvalue weighted by Gasteiger charge is -2.24. The van der Waals surface area contributed by atoms with Crippen LogP contribution < -0.4 is 0 Å². The number of aryl methyl sites for hydroxylation is 1. The van der Waals surface area contributed by atoms with Crippen molar-refractivity contribution in [3.63, 3.8) is 0 Å². The van der Waals surface area contributed by atoms with Crippen LogP contribution >= 0.6 is 22.6 Å². The smallest absolute Gasteiger partial charge is 0.377 e. The summed E-state index contributed by atoms with van der Waals surface area (Å²) in [6, 6.07) is 9.46. The van der Waals surface area contributed by atoms with Gasteiger partial charge in [-0.2, -0.15) is 0 Å². The van der Waals surface area contributed by atoms with Crippen LogP contribution in [0.3, 0.4) is 0 Å². The predicted molar refractivity (Wildman–Crippen MR) is 84.2 cm³/mol. The summed E-state index contributed by atoms with van der Waals surface area (Å²) in [6.45, 7) is 2.19. The van der Waals surface area contributed by atoms with Crippen molar-refractivity contribution in [3.8, 4) is 0 Å². The third-order valence-electron chi connectivity index (χ3n) is 3.06. The van der Waals surface area contributed by atoms with Gasteiger partial charge in [-0.3, -0.25) is 0 Å². The van der Waals surface area contributed by atoms with E-state index in [0.29, 0.717) is 3.92 Å². The lowest BCUT2D eigenvalue weighted by molar-refractivity contribution is 0.123. The van der Waals surface area contributed by atoms with Gasteiger partial charge in [0.2, 0.25) is 0 Å². The van der Waals surface area contributed by atoms with Crippen molar-refractivity contribution >= 4 is 31.4 Å². The molecule has 0 saturated carbocycles. The molecular formula is C13H21IO3Si. The molecule has 0 spiro atoms. The van der Waals surface area contributed by atoms with E-state index >= 15 is 0 Å². The standard InChI is InChI=1S/C13H21IO3Si/c1-11(14)13-7-5-6-12(10-13)8-9-18(15-2,16-3)17-4/h5-7,10-11H,8-9H2,1-4H3. The highest BCUT2D eigenvalue weighted by Crippen LogP contribution is 2.24. The van der Waals surface area contributed by atoms with Crippen LogP contribution in [0.2, 0.25) is 6.04 Å². The average Bonchev–Trinajstić information content (AvgIpc) is 2.41. The Bertz CT molecular complexity index is 359. The molecule has 0 aliphatic carbocycles. The van der Waals surface area contributed by atoms with Gasteiger partial charge in [-0.15, -0.1) is 0 Å². The lowest BCUT2D eigenvalue weighted by Crippen LogP contribution is -2.43. The lowest BCUT2D eigenvalue weighted by atomic mass is 10.1. The topological polar surface area (TPSA) is 27.7 Å². The van der Waals surface area contributed by atoms with Crippen LogP contribution in [0.4, 0.5) is 0 Å². The van der Waals surface area contributed by atoms with Crippen LogP contribution in [-0.2, 0) is 19.7 Å². The highest BCUT2D eigenvalue weighted by Gasteiger charge is 2.37. The van der Waals surface area contributed by atoms with Gasteiger partial charge in [-0.25, -0.2) is 0 Å². The molecule has 0 N–H and O–H groups in total. The molecule has 0 aliphatic heterocycles. The SMILES string of the molecule is CO[Si](CCc1cccc(C(C)I)c1)(OC)OC. The average molecular weight is 380 g/mol. The fraction of sp³-hybridized carbons (Fsp3) is 0.538. The Kier molecular flexibility index (Phi) is 6.79. The third-order valence-corrected chi connectivity index (χ3v) is 6.51. The molecule has 1 rings (SSSR count). The minimum Gasteiger partial charge on any atom is -0.377 e. The normalized spacial score (nSPS) is 13.6. The Morgan fingerprint density at radius 3 is 2.28 bits per heavy atom. The van der Waals surface area contributed by atoms with E-state index < -0.39 is 8.80 Å². The minimum atomic E-state index is -2.45. The maximum absolute atomic E-state index is 5.43. The Morgan fingerprint density at radius 2 is 1.78 bits per heavy atom. The zero-order chi connectivity index (χ0) is 13.6. The van der Waals surface area contributed by atoms with E-state index in [4.69, 9.17) is 13.3 Å². The summed E-state index contributed by atoms with van der Waals surface area (Å²) in [5, 5.41) is 0. The monoisotopic (exact) mass is 380 g/mol. The van der Waals surface area contributed by atoms with Gasteiger partial charge in [0.25, 0.3) is 0 Å². The maximum atomic E-state index is 5.43. The van der Waals surface area contributed by atoms with E-state index in [1.54, 1.807) is 21.3 Å². The molecule has 1 aromatic rings. The van der Waals surface area contributed by atoms with Crippen LogP contribution in [-0.4, -0.2) is 30.1 Å². The highest BCUT2D eigenvalue weighted by molar-refractivity contribution is 14.1. The molecule has 0 saturated heterocycles. The molecule has 1 unspecified atom stereocenters. The fourth-order valence-electron chi connectivity index (χ4n) is 1.85. The summed E-state index contributed by atoms with van der Waals surface area (Å²) < 4.78 is 16.8. The minimum absolute atomic E-state index is 0.525. The summed E-state index contributed by atoms with van der Waals surface area (Å²) in [5.41, 5.74) is 2.66. The van der Waals surface area contributed by atoms with Crippen molar-refractivity contribution in [2.45, 2.75) is 23.3 Å². The molecule has 0 aromatic heterocycles. The molecule has 5 heteroatoms. The number of rotatable bonds is 7. The van der Waals surface area contributed by atoms with Crippen LogP contribution in [0.1, 0.15) is 22.0 Å². The number of halogens is 1. The van der Waals surface area contributed by atoms with Crippen molar-refractivity contribution < 1.29 is 13.3 Å². The van der Waals surface area contributed by atoms with E-state index in [1.807, 2.05) is 0 Å². The zero-order valence-electron chi connectivity index (χ0n) is 11.4. The summed E-state index contributed by atoms with van der Waals surface area (Å²) in [5.74, 6) is 0. The molecule has 18 heavy (non-hydrogen) atoms. The predicted octanol–water partition coefficient (Wildman–Crippen LogP) is 3.60. The van der Waals surface area contributed by atoms with E-state index in [-0.39, 0.29) is 0 Å². The second-order valence-electron chi connectivity index (χ2n) is 4.16. The van der Waals surface area contributed by atoms with Gasteiger partial charge in [0.1, 0.15) is 0 Å². The number of hydrogen-bond donors (Lipinski definition) is 0. The van der Waals surface area contributed by atoms with Gasteiger partial charge in [-0.1, -0.05) is 46.9 Å². The quantitative estimate of drug-likeness (QED) is 0.411. The second-order valence-corrected chi connectivity index (χ2v) is 9.12. The maximum Gasteiger partial charge on any atom is 0.500 e. The first-order chi connectivity index (χ1) is 8.56. The van der Waals surface area contributed by atoms with Crippen LogP contribution in [0.5, 0.6) is 0 Å². The Balaban J connectivity index is 2.70. The molecule has 0 fully saturated rings. The van der Waals surface area contributed by atoms with Gasteiger partial charge >= 0.3 is 8.80 Å². The molecule has 0 amide bonds. The van der Waals surface area contributed by atoms with Crippen molar-refractivity contribution in [3.05, 3.63) is 35.4 Å². The molecule has 3 nitrogen and oxygen atoms in total. The van der Waals surface area contributed by atoms with Crippen LogP contribution in [0.25, 0.3) is 0 Å². The summed E-state index contributed by atoms with van der Waals surface area (Å²) in [7, 11) is 2.52. The van der Waals surface area contributed by atoms with Gasteiger partial charge in [0, 0.05) is 31.3 Å². The first kappa shape index (κ1) is 16.1. The Hall–Kier alpha value is 0.0469. The molecule has 0 heterocycles. The Morgan fingerprint density at radius 1 is 1.17 bits per heavy atom. The Labute approximate surface area is 124 Å². The largest absolute Gasteiger partial charge is 0.500 e. The third kappa shape index (κ3) is 4.31. The molecular weight excluding hydrogens is 359 g/mol. The van der Waals surface area contributed by atoms with Gasteiger partial charge in [-0.05, 0) is 24.5 Å². The van der Waals surface area contributed by atoms with Crippen molar-refractivity contribution in [1.82, 2.24) is 0 Å². The summed E-state index contributed by atoms with van der Waals surface area (Å²) in [4.78, 5) is 0. The highest BCUT2D eigenvalue weighted by atomic mass is 127. The molecule has 102 valence electrons. The second kappa shape index (κ2) is 7.59. The molecule has 0 aliphatic rings. The number of alkyl halides is 1. The van der Waals surface area contributed by atoms with Gasteiger partial charge in [0.15, 0.2) is 0 Å². The summed E-state index contributed by atoms with van der Waals surface area (Å²) >= 11 is 2.43. The van der Waals surface area contributed by atoms with E-state index in [2.05, 4.69) is 53.8 Å². The summed E-state index contributed by atoms with van der Waals surface area (Å²) in [6.07, 6.45) is 0.916. The fourth-order valence-corrected chi connectivity index (χ4v) is 3.94. The first-order valence-corrected chi connectivity index (χ1v) is 9.13. The van der Waals surface area contributed by atoms with Crippen LogP contribution in [0.15, 0.2) is 24.3 Å². The number of benzene rings is 1. The van der Waals surface area contributed by atoms with E-state index in [9.17, 15) is 0 Å². The first-order valence-electron chi connectivity index (χ1n) is 5.95. The molecule has 0 bridgehead atoms. The van der Waals surface area contributed by atoms with Crippen molar-refractivity contribution in [1.29, 1.82) is 0 Å². The zero-order valence-corrected chi connectivity index (χ0v) is 14.6.